The van der Waals surface area contributed by atoms with Crippen molar-refractivity contribution < 1.29 is 8.78 Å². The van der Waals surface area contributed by atoms with Crippen molar-refractivity contribution in [3.63, 3.8) is 0 Å². The molecule has 110 valence electrons. The van der Waals surface area contributed by atoms with Gasteiger partial charge in [0.2, 0.25) is 0 Å². The number of hydrogen-bond donors (Lipinski definition) is 1. The highest BCUT2D eigenvalue weighted by molar-refractivity contribution is 5.65. The highest BCUT2D eigenvalue weighted by atomic mass is 19.1. The van der Waals surface area contributed by atoms with Crippen molar-refractivity contribution in [3.8, 4) is 11.1 Å². The van der Waals surface area contributed by atoms with Crippen LogP contribution in [0, 0.1) is 17.6 Å². The number of nitrogens with one attached hydrogen (secondary N) is 1. The average Bonchev–Trinajstić information content (AvgIpc) is 2.51. The van der Waals surface area contributed by atoms with Gasteiger partial charge in [0.05, 0.1) is 0 Å². The Labute approximate surface area is 124 Å². The summed E-state index contributed by atoms with van der Waals surface area (Å²) in [6, 6.07) is 11.4. The molecule has 1 nitrogen and oxygen atoms in total. The summed E-state index contributed by atoms with van der Waals surface area (Å²) >= 11 is 0. The molecule has 1 N–H and O–H groups in total. The van der Waals surface area contributed by atoms with E-state index in [1.165, 1.54) is 12.1 Å². The van der Waals surface area contributed by atoms with Crippen molar-refractivity contribution in [3.05, 3.63) is 59.7 Å². The Bertz CT molecular complexity index is 618. The first kappa shape index (κ1) is 14.2. The second-order valence-electron chi connectivity index (χ2n) is 5.69. The van der Waals surface area contributed by atoms with Gasteiger partial charge >= 0.3 is 0 Å². The van der Waals surface area contributed by atoms with Crippen LogP contribution in [0.15, 0.2) is 42.5 Å². The Balaban J connectivity index is 1.87. The summed E-state index contributed by atoms with van der Waals surface area (Å²) in [5.41, 5.74) is 1.78. The van der Waals surface area contributed by atoms with Crippen LogP contribution in [0.3, 0.4) is 0 Å². The molecule has 0 amide bonds. The zero-order chi connectivity index (χ0) is 14.7. The fourth-order valence-electron chi connectivity index (χ4n) is 3.00. The largest absolute Gasteiger partial charge is 0.317 e. The van der Waals surface area contributed by atoms with Crippen LogP contribution in [0.4, 0.5) is 8.78 Å². The topological polar surface area (TPSA) is 12.0 Å². The standard InChI is InChI=1S/C18H19F2N/c19-17-4-2-1-3-15(17)16-12-14(5-6-18(16)20)11-13-7-9-21-10-8-13/h1-6,12-13,21H,7-11H2. The van der Waals surface area contributed by atoms with Crippen molar-refractivity contribution in [2.45, 2.75) is 19.3 Å². The summed E-state index contributed by atoms with van der Waals surface area (Å²) in [4.78, 5) is 0. The molecule has 1 aliphatic rings. The lowest BCUT2D eigenvalue weighted by Gasteiger charge is -2.22. The number of piperidine rings is 1. The molecule has 21 heavy (non-hydrogen) atoms. The van der Waals surface area contributed by atoms with E-state index in [9.17, 15) is 8.78 Å². The first-order valence-electron chi connectivity index (χ1n) is 7.48. The third-order valence-corrected chi connectivity index (χ3v) is 4.18. The molecule has 2 aromatic carbocycles. The van der Waals surface area contributed by atoms with Gasteiger partial charge in [0.25, 0.3) is 0 Å². The van der Waals surface area contributed by atoms with Gasteiger partial charge in [-0.2, -0.15) is 0 Å². The molecule has 3 heteroatoms. The van der Waals surface area contributed by atoms with Gasteiger partial charge in [-0.3, -0.25) is 0 Å². The predicted molar refractivity (Wildman–Crippen MR) is 81.1 cm³/mol. The second kappa shape index (κ2) is 6.35. The van der Waals surface area contributed by atoms with E-state index >= 15 is 0 Å². The van der Waals surface area contributed by atoms with Crippen molar-refractivity contribution in [2.75, 3.05) is 13.1 Å². The molecule has 1 heterocycles. The molecule has 1 aliphatic heterocycles. The number of halogens is 2. The normalized spacial score (nSPS) is 16.1. The number of benzene rings is 2. The molecule has 1 saturated heterocycles. The van der Waals surface area contributed by atoms with Crippen LogP contribution in [0.2, 0.25) is 0 Å². The molecule has 0 unspecified atom stereocenters. The van der Waals surface area contributed by atoms with E-state index in [4.69, 9.17) is 0 Å². The van der Waals surface area contributed by atoms with Gasteiger partial charge in [-0.05, 0) is 62.0 Å². The molecule has 0 radical (unpaired) electrons. The summed E-state index contributed by atoms with van der Waals surface area (Å²) in [5.74, 6) is -0.116. The van der Waals surface area contributed by atoms with Gasteiger partial charge in [-0.25, -0.2) is 8.78 Å². The van der Waals surface area contributed by atoms with Gasteiger partial charge in [0.15, 0.2) is 0 Å². The fraction of sp³-hybridized carbons (Fsp3) is 0.333. The maximum atomic E-state index is 14.0. The third-order valence-electron chi connectivity index (χ3n) is 4.18. The van der Waals surface area contributed by atoms with Crippen LogP contribution in [0.25, 0.3) is 11.1 Å². The van der Waals surface area contributed by atoms with Gasteiger partial charge in [-0.15, -0.1) is 0 Å². The Morgan fingerprint density at radius 1 is 0.905 bits per heavy atom. The molecule has 0 bridgehead atoms. The van der Waals surface area contributed by atoms with Crippen molar-refractivity contribution in [2.24, 2.45) is 5.92 Å². The SMILES string of the molecule is Fc1ccccc1-c1cc(CC2CCNCC2)ccc1F. The van der Waals surface area contributed by atoms with E-state index in [0.29, 0.717) is 17.0 Å². The van der Waals surface area contributed by atoms with Crippen LogP contribution in [-0.4, -0.2) is 13.1 Å². The van der Waals surface area contributed by atoms with Crippen molar-refractivity contribution in [1.82, 2.24) is 5.32 Å². The molecular weight excluding hydrogens is 268 g/mol. The van der Waals surface area contributed by atoms with Gasteiger partial charge in [0, 0.05) is 11.1 Å². The summed E-state index contributed by atoms with van der Waals surface area (Å²) in [6.07, 6.45) is 3.22. The van der Waals surface area contributed by atoms with Crippen molar-refractivity contribution in [1.29, 1.82) is 0 Å². The van der Waals surface area contributed by atoms with Gasteiger partial charge < -0.3 is 5.32 Å². The monoisotopic (exact) mass is 287 g/mol. The average molecular weight is 287 g/mol. The van der Waals surface area contributed by atoms with Crippen LogP contribution >= 0.6 is 0 Å². The Kier molecular flexibility index (Phi) is 4.30. The lowest BCUT2D eigenvalue weighted by atomic mass is 9.90. The maximum absolute atomic E-state index is 14.0. The summed E-state index contributed by atoms with van der Waals surface area (Å²) in [7, 11) is 0. The van der Waals surface area contributed by atoms with E-state index in [1.807, 2.05) is 6.07 Å². The second-order valence-corrected chi connectivity index (χ2v) is 5.69. The molecule has 3 rings (SSSR count). The fourth-order valence-corrected chi connectivity index (χ4v) is 3.00. The lowest BCUT2D eigenvalue weighted by molar-refractivity contribution is 0.372. The van der Waals surface area contributed by atoms with E-state index in [1.54, 1.807) is 24.3 Å². The van der Waals surface area contributed by atoms with Crippen LogP contribution < -0.4 is 5.32 Å². The Hall–Kier alpha value is -1.74. The minimum absolute atomic E-state index is 0.335. The van der Waals surface area contributed by atoms with Gasteiger partial charge in [-0.1, -0.05) is 24.3 Å². The third kappa shape index (κ3) is 3.30. The quantitative estimate of drug-likeness (QED) is 0.893. The lowest BCUT2D eigenvalue weighted by Crippen LogP contribution is -2.28. The van der Waals surface area contributed by atoms with Crippen LogP contribution in [0.5, 0.6) is 0 Å². The minimum Gasteiger partial charge on any atom is -0.317 e. The van der Waals surface area contributed by atoms with Crippen LogP contribution in [-0.2, 0) is 6.42 Å². The summed E-state index contributed by atoms with van der Waals surface area (Å²) in [5, 5.41) is 3.34. The molecule has 0 spiro atoms. The summed E-state index contributed by atoms with van der Waals surface area (Å²) in [6.45, 7) is 2.10. The van der Waals surface area contributed by atoms with Crippen LogP contribution in [0.1, 0.15) is 18.4 Å². The highest BCUT2D eigenvalue weighted by Gasteiger charge is 2.15. The zero-order valence-corrected chi connectivity index (χ0v) is 11.9. The molecule has 0 saturated carbocycles. The van der Waals surface area contributed by atoms with E-state index in [0.717, 1.165) is 37.9 Å². The Morgan fingerprint density at radius 3 is 2.38 bits per heavy atom. The van der Waals surface area contributed by atoms with Gasteiger partial charge in [0.1, 0.15) is 11.6 Å². The molecule has 0 aliphatic carbocycles. The maximum Gasteiger partial charge on any atom is 0.131 e. The first-order valence-corrected chi connectivity index (χ1v) is 7.48. The highest BCUT2D eigenvalue weighted by Crippen LogP contribution is 2.28. The number of rotatable bonds is 3. The van der Waals surface area contributed by atoms with Crippen molar-refractivity contribution >= 4 is 0 Å². The smallest absolute Gasteiger partial charge is 0.131 e. The number of hydrogen-bond acceptors (Lipinski definition) is 1. The minimum atomic E-state index is -0.379. The predicted octanol–water partition coefficient (Wildman–Crippen LogP) is 4.17. The van der Waals surface area contributed by atoms with E-state index in [-0.39, 0.29) is 11.6 Å². The molecule has 1 fully saturated rings. The van der Waals surface area contributed by atoms with E-state index < -0.39 is 0 Å². The molecule has 0 atom stereocenters. The summed E-state index contributed by atoms with van der Waals surface area (Å²) < 4.78 is 27.9. The molecule has 0 aromatic heterocycles. The van der Waals surface area contributed by atoms with E-state index in [2.05, 4.69) is 5.32 Å². The zero-order valence-electron chi connectivity index (χ0n) is 11.9. The first-order chi connectivity index (χ1) is 10.2. The molecular formula is C18H19F2N. The Morgan fingerprint density at radius 2 is 1.62 bits per heavy atom. The molecule has 2 aromatic rings.